The lowest BCUT2D eigenvalue weighted by atomic mass is 9.77. The molecule has 0 amide bonds. The van der Waals surface area contributed by atoms with Crippen LogP contribution in [0.4, 0.5) is 0 Å². The van der Waals surface area contributed by atoms with Gasteiger partial charge in [0, 0.05) is 27.5 Å². The molecule has 36 heavy (non-hydrogen) atoms. The highest BCUT2D eigenvalue weighted by Gasteiger charge is 2.39. The zero-order valence-electron chi connectivity index (χ0n) is 20.6. The number of hydrogen-bond acceptors (Lipinski definition) is 0. The first-order valence-electron chi connectivity index (χ1n) is 13.0. The van der Waals surface area contributed by atoms with Crippen molar-refractivity contribution < 1.29 is 0 Å². The summed E-state index contributed by atoms with van der Waals surface area (Å²) in [6.45, 7) is 4.76. The molecule has 1 nitrogen and oxygen atoms in total. The highest BCUT2D eigenvalue weighted by atomic mass is 14.7. The van der Waals surface area contributed by atoms with Gasteiger partial charge in [0.2, 0.25) is 0 Å². The Balaban J connectivity index is 1.39. The Labute approximate surface area is 210 Å². The van der Waals surface area contributed by atoms with Gasteiger partial charge in [-0.05, 0) is 50.4 Å². The maximum atomic E-state index is 3.93. The third kappa shape index (κ3) is 2.50. The van der Waals surface area contributed by atoms with E-state index >= 15 is 0 Å². The Bertz CT molecular complexity index is 1940. The maximum absolute atomic E-state index is 3.93. The molecule has 0 bridgehead atoms. The molecule has 1 aromatic heterocycles. The quantitative estimate of drug-likeness (QED) is 0.235. The van der Waals surface area contributed by atoms with Gasteiger partial charge in [0.05, 0.1) is 11.0 Å². The van der Waals surface area contributed by atoms with Crippen molar-refractivity contribution >= 4 is 48.9 Å². The zero-order chi connectivity index (χ0) is 24.0. The van der Waals surface area contributed by atoms with E-state index in [0.29, 0.717) is 5.92 Å². The van der Waals surface area contributed by atoms with Crippen molar-refractivity contribution in [2.24, 2.45) is 0 Å². The highest BCUT2D eigenvalue weighted by Crippen LogP contribution is 2.53. The van der Waals surface area contributed by atoms with Crippen LogP contribution < -0.4 is 0 Å². The number of para-hydroxylation sites is 1. The number of fused-ring (bicyclic) bond motifs is 11. The van der Waals surface area contributed by atoms with Gasteiger partial charge in [-0.3, -0.25) is 0 Å². The van der Waals surface area contributed by atoms with Crippen molar-refractivity contribution in [1.29, 1.82) is 0 Å². The van der Waals surface area contributed by atoms with Crippen molar-refractivity contribution in [2.45, 2.75) is 31.6 Å². The van der Waals surface area contributed by atoms with E-state index in [9.17, 15) is 0 Å². The van der Waals surface area contributed by atoms with E-state index in [1.54, 1.807) is 0 Å². The van der Waals surface area contributed by atoms with Crippen LogP contribution in [-0.2, 0) is 5.41 Å². The molecule has 8 rings (SSSR count). The van der Waals surface area contributed by atoms with Crippen LogP contribution in [-0.4, -0.2) is 4.98 Å². The number of aromatic nitrogens is 1. The average Bonchev–Trinajstić information content (AvgIpc) is 3.43. The van der Waals surface area contributed by atoms with Gasteiger partial charge < -0.3 is 4.98 Å². The van der Waals surface area contributed by atoms with E-state index in [0.717, 1.165) is 6.42 Å². The Morgan fingerprint density at radius 3 is 2.17 bits per heavy atom. The zero-order valence-corrected chi connectivity index (χ0v) is 20.6. The summed E-state index contributed by atoms with van der Waals surface area (Å²) in [7, 11) is 0. The van der Waals surface area contributed by atoms with E-state index in [4.69, 9.17) is 0 Å². The average molecular weight is 462 g/mol. The number of H-pyrrole nitrogens is 1. The third-order valence-corrected chi connectivity index (χ3v) is 8.75. The van der Waals surface area contributed by atoms with Gasteiger partial charge in [-0.15, -0.1) is 0 Å². The Morgan fingerprint density at radius 2 is 1.33 bits per heavy atom. The first kappa shape index (κ1) is 20.1. The van der Waals surface area contributed by atoms with Gasteiger partial charge in [-0.2, -0.15) is 0 Å². The van der Waals surface area contributed by atoms with Crippen LogP contribution in [0.15, 0.2) is 109 Å². The fourth-order valence-corrected chi connectivity index (χ4v) is 7.04. The molecule has 1 heteroatoms. The molecule has 5 aromatic carbocycles. The second-order valence-electron chi connectivity index (χ2n) is 10.9. The van der Waals surface area contributed by atoms with Crippen LogP contribution in [0.5, 0.6) is 0 Å². The Morgan fingerprint density at radius 1 is 0.667 bits per heavy atom. The maximum Gasteiger partial charge on any atom is 0.0551 e. The molecule has 2 aliphatic carbocycles. The largest absolute Gasteiger partial charge is 0.354 e. The number of hydrogen-bond donors (Lipinski definition) is 1. The van der Waals surface area contributed by atoms with Crippen molar-refractivity contribution in [3.63, 3.8) is 0 Å². The van der Waals surface area contributed by atoms with Crippen LogP contribution in [0.2, 0.25) is 0 Å². The second-order valence-corrected chi connectivity index (χ2v) is 10.9. The van der Waals surface area contributed by atoms with Gasteiger partial charge in [-0.25, -0.2) is 0 Å². The molecule has 1 N–H and O–H groups in total. The summed E-state index contributed by atoms with van der Waals surface area (Å²) in [5.41, 5.74) is 9.73. The molecule has 6 aromatic rings. The van der Waals surface area contributed by atoms with Crippen LogP contribution in [0, 0.1) is 0 Å². The number of benzene rings is 5. The fraction of sp³-hybridized carbons (Fsp3) is 0.143. The van der Waals surface area contributed by atoms with Gasteiger partial charge in [0.15, 0.2) is 0 Å². The Kier molecular flexibility index (Phi) is 3.90. The van der Waals surface area contributed by atoms with Crippen LogP contribution in [0.1, 0.15) is 42.9 Å². The van der Waals surface area contributed by atoms with Gasteiger partial charge in [-0.1, -0.05) is 117 Å². The molecular formula is C35H27N. The third-order valence-electron chi connectivity index (χ3n) is 8.75. The van der Waals surface area contributed by atoms with Crippen LogP contribution in [0.25, 0.3) is 48.9 Å². The lowest BCUT2D eigenvalue weighted by molar-refractivity contribution is 0.648. The van der Waals surface area contributed by atoms with E-state index < -0.39 is 0 Å². The summed E-state index contributed by atoms with van der Waals surface area (Å²) >= 11 is 0. The molecule has 0 spiro atoms. The molecule has 172 valence electrons. The van der Waals surface area contributed by atoms with Crippen molar-refractivity contribution in [1.82, 2.24) is 4.98 Å². The number of allylic oxidation sites excluding steroid dienone is 4. The number of aromatic amines is 1. The van der Waals surface area contributed by atoms with Crippen molar-refractivity contribution in [2.75, 3.05) is 0 Å². The molecule has 1 atom stereocenters. The second kappa shape index (κ2) is 6.98. The topological polar surface area (TPSA) is 15.8 Å². The van der Waals surface area contributed by atoms with Crippen molar-refractivity contribution in [3.8, 4) is 0 Å². The van der Waals surface area contributed by atoms with E-state index in [2.05, 4.69) is 122 Å². The van der Waals surface area contributed by atoms with E-state index in [-0.39, 0.29) is 5.41 Å². The molecule has 0 saturated carbocycles. The summed E-state index contributed by atoms with van der Waals surface area (Å²) < 4.78 is 0. The molecular weight excluding hydrogens is 434 g/mol. The van der Waals surface area contributed by atoms with Gasteiger partial charge >= 0.3 is 0 Å². The summed E-state index contributed by atoms with van der Waals surface area (Å²) in [6, 6.07) is 33.5. The standard InChI is InChI=1S/C35H27N/c1-35(2)30-17-8-7-12-25(30)26-19-18-21(20-31(26)35)22-15-9-16-29-32-27-13-5-3-10-23(27)24-11-4-6-14-28(24)34(32)36-33(22)29/h3-17,19-21,36H,18H2,1-2H3. The minimum atomic E-state index is 0.0296. The minimum Gasteiger partial charge on any atom is -0.354 e. The molecule has 1 unspecified atom stereocenters. The SMILES string of the molecule is CC1(C)C2=CC(c3cccc4c3[nH]c3c5ccccc5c5ccccc5c43)CC=C2c2ccccc21. The molecule has 2 aliphatic rings. The smallest absolute Gasteiger partial charge is 0.0551 e. The first-order valence-corrected chi connectivity index (χ1v) is 13.0. The van der Waals surface area contributed by atoms with Gasteiger partial charge in [0.25, 0.3) is 0 Å². The summed E-state index contributed by atoms with van der Waals surface area (Å²) in [5.74, 6) is 0.353. The van der Waals surface area contributed by atoms with Crippen LogP contribution in [0.3, 0.4) is 0 Å². The predicted octanol–water partition coefficient (Wildman–Crippen LogP) is 9.42. The molecule has 0 fully saturated rings. The summed E-state index contributed by atoms with van der Waals surface area (Å²) in [5, 5.41) is 7.92. The molecule has 0 radical (unpaired) electrons. The Hall–Kier alpha value is -4.10. The predicted molar refractivity (Wildman–Crippen MR) is 154 cm³/mol. The highest BCUT2D eigenvalue weighted by molar-refractivity contribution is 6.31. The normalized spacial score (nSPS) is 18.4. The molecule has 0 aliphatic heterocycles. The first-order chi connectivity index (χ1) is 17.6. The number of rotatable bonds is 1. The lowest BCUT2D eigenvalue weighted by Gasteiger charge is -2.27. The van der Waals surface area contributed by atoms with Gasteiger partial charge in [0.1, 0.15) is 0 Å². The minimum absolute atomic E-state index is 0.0296. The van der Waals surface area contributed by atoms with Crippen LogP contribution >= 0.6 is 0 Å². The molecule has 1 heterocycles. The fourth-order valence-electron chi connectivity index (χ4n) is 7.04. The van der Waals surface area contributed by atoms with E-state index in [1.165, 1.54) is 71.2 Å². The number of nitrogens with one attached hydrogen (secondary N) is 1. The van der Waals surface area contributed by atoms with Crippen molar-refractivity contribution in [3.05, 3.63) is 125 Å². The monoisotopic (exact) mass is 461 g/mol. The summed E-state index contributed by atoms with van der Waals surface area (Å²) in [6.07, 6.45) is 6.07. The summed E-state index contributed by atoms with van der Waals surface area (Å²) in [4.78, 5) is 3.93. The molecule has 0 saturated heterocycles. The van der Waals surface area contributed by atoms with E-state index in [1.807, 2.05) is 0 Å². The lowest BCUT2D eigenvalue weighted by Crippen LogP contribution is -2.17.